The molecule has 2 aromatic carbocycles. The lowest BCUT2D eigenvalue weighted by molar-refractivity contribution is 0.107. The molecule has 3 nitrogen and oxygen atoms in total. The van der Waals surface area contributed by atoms with Crippen LogP contribution in [0.4, 0.5) is 0 Å². The molecule has 0 aromatic heterocycles. The van der Waals surface area contributed by atoms with E-state index in [1.807, 2.05) is 62.4 Å². The van der Waals surface area contributed by atoms with Gasteiger partial charge in [-0.2, -0.15) is 0 Å². The first-order chi connectivity index (χ1) is 10.3. The normalized spacial score (nSPS) is 10.8. The standard InChI is InChI=1S/C17H19O3P/c1-3-19-14-11-8-12-15(20-4-2)16(14)17(18)21-13-9-6-5-7-10-13/h5-12,21H,3-4H2,1-2H3. The third-order valence-corrected chi connectivity index (χ3v) is 3.95. The summed E-state index contributed by atoms with van der Waals surface area (Å²) >= 11 is 0. The molecular weight excluding hydrogens is 283 g/mol. The maximum absolute atomic E-state index is 12.7. The van der Waals surface area contributed by atoms with E-state index < -0.39 is 0 Å². The molecule has 0 aliphatic heterocycles. The fraction of sp³-hybridized carbons (Fsp3) is 0.235. The van der Waals surface area contributed by atoms with Crippen LogP contribution >= 0.6 is 8.58 Å². The van der Waals surface area contributed by atoms with Gasteiger partial charge in [-0.15, -0.1) is 0 Å². The Bertz CT molecular complexity index is 572. The maximum atomic E-state index is 12.7. The molecule has 0 saturated carbocycles. The molecule has 0 spiro atoms. The zero-order chi connectivity index (χ0) is 15.1. The van der Waals surface area contributed by atoms with Crippen LogP contribution in [0.25, 0.3) is 0 Å². The summed E-state index contributed by atoms with van der Waals surface area (Å²) in [6.07, 6.45) is 0. The Balaban J connectivity index is 2.33. The van der Waals surface area contributed by atoms with E-state index in [1.54, 1.807) is 0 Å². The minimum absolute atomic E-state index is 0.0358. The number of rotatable bonds is 7. The molecule has 0 bridgehead atoms. The van der Waals surface area contributed by atoms with Crippen LogP contribution in [0.15, 0.2) is 48.5 Å². The Labute approximate surface area is 127 Å². The van der Waals surface area contributed by atoms with E-state index >= 15 is 0 Å². The van der Waals surface area contributed by atoms with Crippen molar-refractivity contribution in [3.05, 3.63) is 54.1 Å². The number of hydrogen-bond donors (Lipinski definition) is 0. The SMILES string of the molecule is CCOc1cccc(OCC)c1C(=O)Pc1ccccc1. The molecule has 2 aromatic rings. The van der Waals surface area contributed by atoms with Crippen LogP contribution in [-0.4, -0.2) is 18.7 Å². The van der Waals surface area contributed by atoms with Crippen molar-refractivity contribution in [1.82, 2.24) is 0 Å². The van der Waals surface area contributed by atoms with Gasteiger partial charge >= 0.3 is 0 Å². The zero-order valence-corrected chi connectivity index (χ0v) is 13.3. The maximum Gasteiger partial charge on any atom is 0.193 e. The average molecular weight is 302 g/mol. The Hall–Kier alpha value is -1.86. The van der Waals surface area contributed by atoms with Crippen LogP contribution in [0.2, 0.25) is 0 Å². The van der Waals surface area contributed by atoms with Crippen LogP contribution in [0, 0.1) is 0 Å². The quantitative estimate of drug-likeness (QED) is 0.733. The fourth-order valence-electron chi connectivity index (χ4n) is 2.00. The number of benzene rings is 2. The van der Waals surface area contributed by atoms with Gasteiger partial charge in [0, 0.05) is 0 Å². The van der Waals surface area contributed by atoms with Crippen LogP contribution in [0.5, 0.6) is 11.5 Å². The number of hydrogen-bond acceptors (Lipinski definition) is 3. The van der Waals surface area contributed by atoms with Crippen molar-refractivity contribution < 1.29 is 14.3 Å². The summed E-state index contributed by atoms with van der Waals surface area (Å²) in [6.45, 7) is 4.84. The minimum Gasteiger partial charge on any atom is -0.493 e. The number of ether oxygens (including phenoxy) is 2. The van der Waals surface area contributed by atoms with E-state index in [2.05, 4.69) is 0 Å². The molecule has 21 heavy (non-hydrogen) atoms. The van der Waals surface area contributed by atoms with Crippen LogP contribution in [0.1, 0.15) is 24.2 Å². The van der Waals surface area contributed by atoms with Crippen molar-refractivity contribution >= 4 is 19.4 Å². The predicted molar refractivity (Wildman–Crippen MR) is 87.5 cm³/mol. The van der Waals surface area contributed by atoms with Crippen molar-refractivity contribution in [1.29, 1.82) is 0 Å². The van der Waals surface area contributed by atoms with E-state index in [4.69, 9.17) is 9.47 Å². The predicted octanol–water partition coefficient (Wildman–Crippen LogP) is 3.63. The molecule has 0 N–H and O–H groups in total. The van der Waals surface area contributed by atoms with Gasteiger partial charge in [-0.3, -0.25) is 4.79 Å². The Morgan fingerprint density at radius 2 is 1.48 bits per heavy atom. The molecule has 110 valence electrons. The van der Waals surface area contributed by atoms with E-state index in [9.17, 15) is 4.79 Å². The summed E-state index contributed by atoms with van der Waals surface area (Å²) in [7, 11) is 0.0585. The summed E-state index contributed by atoms with van der Waals surface area (Å²) in [4.78, 5) is 12.7. The molecule has 0 fully saturated rings. The van der Waals surface area contributed by atoms with Gasteiger partial charge in [-0.25, -0.2) is 0 Å². The van der Waals surface area contributed by atoms with E-state index in [-0.39, 0.29) is 14.1 Å². The molecule has 0 heterocycles. The molecule has 1 unspecified atom stereocenters. The van der Waals surface area contributed by atoms with Crippen LogP contribution in [-0.2, 0) is 0 Å². The second-order valence-corrected chi connectivity index (χ2v) is 5.60. The van der Waals surface area contributed by atoms with Crippen molar-refractivity contribution in [2.45, 2.75) is 13.8 Å². The molecular formula is C17H19O3P. The highest BCUT2D eigenvalue weighted by Crippen LogP contribution is 2.34. The smallest absolute Gasteiger partial charge is 0.193 e. The van der Waals surface area contributed by atoms with Gasteiger partial charge in [-0.05, 0) is 39.9 Å². The minimum atomic E-state index is 0.0358. The van der Waals surface area contributed by atoms with Crippen molar-refractivity contribution in [2.75, 3.05) is 13.2 Å². The summed E-state index contributed by atoms with van der Waals surface area (Å²) in [5, 5.41) is 1.01. The third kappa shape index (κ3) is 4.05. The molecule has 0 amide bonds. The second kappa shape index (κ2) is 7.80. The van der Waals surface area contributed by atoms with Gasteiger partial charge in [0.2, 0.25) is 0 Å². The molecule has 0 aliphatic rings. The van der Waals surface area contributed by atoms with E-state index in [0.29, 0.717) is 30.3 Å². The molecule has 2 rings (SSSR count). The van der Waals surface area contributed by atoms with Crippen molar-refractivity contribution in [2.24, 2.45) is 0 Å². The fourth-order valence-corrected chi connectivity index (χ4v) is 2.99. The van der Waals surface area contributed by atoms with Crippen LogP contribution in [0.3, 0.4) is 0 Å². The average Bonchev–Trinajstić information content (AvgIpc) is 2.49. The summed E-state index contributed by atoms with van der Waals surface area (Å²) in [5.74, 6) is 1.19. The Kier molecular flexibility index (Phi) is 5.77. The monoisotopic (exact) mass is 302 g/mol. The van der Waals surface area contributed by atoms with Crippen molar-refractivity contribution in [3.63, 3.8) is 0 Å². The van der Waals surface area contributed by atoms with E-state index in [0.717, 1.165) is 5.30 Å². The van der Waals surface area contributed by atoms with Gasteiger partial charge < -0.3 is 9.47 Å². The highest BCUT2D eigenvalue weighted by molar-refractivity contribution is 7.66. The Morgan fingerprint density at radius 1 is 0.905 bits per heavy atom. The largest absolute Gasteiger partial charge is 0.493 e. The second-order valence-electron chi connectivity index (χ2n) is 4.32. The van der Waals surface area contributed by atoms with Crippen molar-refractivity contribution in [3.8, 4) is 11.5 Å². The first kappa shape index (κ1) is 15.5. The van der Waals surface area contributed by atoms with Gasteiger partial charge in [0.1, 0.15) is 17.1 Å². The van der Waals surface area contributed by atoms with Gasteiger partial charge in [0.05, 0.1) is 13.2 Å². The van der Waals surface area contributed by atoms with Crippen LogP contribution < -0.4 is 14.8 Å². The number of carbonyl (C=O) groups excluding carboxylic acids is 1. The van der Waals surface area contributed by atoms with E-state index in [1.165, 1.54) is 0 Å². The summed E-state index contributed by atoms with van der Waals surface area (Å²) < 4.78 is 11.2. The first-order valence-electron chi connectivity index (χ1n) is 7.01. The highest BCUT2D eigenvalue weighted by atomic mass is 31.1. The lowest BCUT2D eigenvalue weighted by Gasteiger charge is -2.14. The first-order valence-corrected chi connectivity index (χ1v) is 8.01. The summed E-state index contributed by atoms with van der Waals surface area (Å²) in [5.41, 5.74) is 0.581. The molecule has 1 atom stereocenters. The third-order valence-electron chi connectivity index (χ3n) is 2.85. The van der Waals surface area contributed by atoms with Gasteiger partial charge in [0.25, 0.3) is 0 Å². The molecule has 4 heteroatoms. The Morgan fingerprint density at radius 3 is 2.00 bits per heavy atom. The topological polar surface area (TPSA) is 35.5 Å². The lowest BCUT2D eigenvalue weighted by Crippen LogP contribution is -2.07. The number of carbonyl (C=O) groups is 1. The zero-order valence-electron chi connectivity index (χ0n) is 12.3. The summed E-state index contributed by atoms with van der Waals surface area (Å²) in [6, 6.07) is 15.2. The van der Waals surface area contributed by atoms with Gasteiger partial charge in [-0.1, -0.05) is 36.4 Å². The molecule has 0 radical (unpaired) electrons. The molecule has 0 aliphatic carbocycles. The molecule has 0 saturated heterocycles. The highest BCUT2D eigenvalue weighted by Gasteiger charge is 2.19. The van der Waals surface area contributed by atoms with Gasteiger partial charge in [0.15, 0.2) is 5.52 Å². The lowest BCUT2D eigenvalue weighted by atomic mass is 10.2.